The Hall–Kier alpha value is -1.76. The number of hydrogen-bond acceptors (Lipinski definition) is 6. The molecule has 21 heavy (non-hydrogen) atoms. The van der Waals surface area contributed by atoms with E-state index in [9.17, 15) is 0 Å². The third kappa shape index (κ3) is 3.29. The smallest absolute Gasteiger partial charge is 0.257 e. The van der Waals surface area contributed by atoms with E-state index in [1.807, 2.05) is 30.3 Å². The first-order chi connectivity index (χ1) is 10.4. The molecule has 2 heterocycles. The number of aromatic nitrogens is 2. The highest BCUT2D eigenvalue weighted by Gasteiger charge is 2.28. The summed E-state index contributed by atoms with van der Waals surface area (Å²) in [5, 5.41) is 4.13. The zero-order chi connectivity index (χ0) is 14.5. The molecule has 0 unspecified atom stereocenters. The van der Waals surface area contributed by atoms with Crippen LogP contribution in [-0.2, 0) is 9.47 Å². The highest BCUT2D eigenvalue weighted by atomic mass is 16.5. The number of methoxy groups -OCH3 is 1. The average Bonchev–Trinajstić information content (AvgIpc) is 3.04. The fourth-order valence-electron chi connectivity index (χ4n) is 2.42. The summed E-state index contributed by atoms with van der Waals surface area (Å²) in [7, 11) is 1.71. The number of nitrogens with zero attached hydrogens (tertiary/aromatic N) is 3. The topological polar surface area (TPSA) is 60.6 Å². The lowest BCUT2D eigenvalue weighted by Crippen LogP contribution is -2.41. The summed E-state index contributed by atoms with van der Waals surface area (Å²) in [4.78, 5) is 6.79. The van der Waals surface area contributed by atoms with Crippen molar-refractivity contribution in [3.8, 4) is 11.5 Å². The summed E-state index contributed by atoms with van der Waals surface area (Å²) in [5.41, 5.74) is 0.927. The van der Waals surface area contributed by atoms with Gasteiger partial charge in [-0.05, 0) is 12.1 Å². The molecule has 1 fully saturated rings. The molecule has 112 valence electrons. The summed E-state index contributed by atoms with van der Waals surface area (Å²) >= 11 is 0. The lowest BCUT2D eigenvalue weighted by atomic mass is 10.2. The van der Waals surface area contributed by atoms with Gasteiger partial charge in [0.1, 0.15) is 0 Å². The van der Waals surface area contributed by atoms with E-state index >= 15 is 0 Å². The second-order valence-corrected chi connectivity index (χ2v) is 4.94. The number of ether oxygens (including phenoxy) is 2. The highest BCUT2D eigenvalue weighted by molar-refractivity contribution is 5.52. The van der Waals surface area contributed by atoms with Gasteiger partial charge in [-0.2, -0.15) is 4.98 Å². The molecule has 0 radical (unpaired) electrons. The van der Waals surface area contributed by atoms with Crippen molar-refractivity contribution in [3.05, 3.63) is 36.2 Å². The zero-order valence-corrected chi connectivity index (χ0v) is 12.1. The van der Waals surface area contributed by atoms with Gasteiger partial charge in [-0.3, -0.25) is 4.90 Å². The van der Waals surface area contributed by atoms with Crippen molar-refractivity contribution < 1.29 is 14.0 Å². The predicted octanol–water partition coefficient (Wildman–Crippen LogP) is 1.76. The number of morpholine rings is 1. The molecule has 0 amide bonds. The molecule has 1 saturated heterocycles. The summed E-state index contributed by atoms with van der Waals surface area (Å²) in [6, 6.07) is 9.80. The van der Waals surface area contributed by atoms with Crippen LogP contribution in [0.5, 0.6) is 0 Å². The Bertz CT molecular complexity index is 558. The number of benzene rings is 1. The molecule has 6 nitrogen and oxygen atoms in total. The van der Waals surface area contributed by atoms with Gasteiger partial charge in [0.05, 0.1) is 25.9 Å². The molecule has 0 N–H and O–H groups in total. The molecule has 0 bridgehead atoms. The maximum Gasteiger partial charge on any atom is 0.257 e. The van der Waals surface area contributed by atoms with Crippen LogP contribution in [0.2, 0.25) is 0 Å². The van der Waals surface area contributed by atoms with Crippen LogP contribution in [0.25, 0.3) is 11.5 Å². The average molecular weight is 289 g/mol. The fourth-order valence-corrected chi connectivity index (χ4v) is 2.42. The molecule has 6 heteroatoms. The largest absolute Gasteiger partial charge is 0.383 e. The van der Waals surface area contributed by atoms with E-state index in [1.165, 1.54) is 0 Å². The van der Waals surface area contributed by atoms with Crippen molar-refractivity contribution in [1.82, 2.24) is 15.0 Å². The molecule has 1 aliphatic heterocycles. The molecular weight excluding hydrogens is 270 g/mol. The normalized spacial score (nSPS) is 19.8. The van der Waals surface area contributed by atoms with E-state index in [2.05, 4.69) is 15.0 Å². The van der Waals surface area contributed by atoms with Crippen molar-refractivity contribution in [3.63, 3.8) is 0 Å². The number of hydrogen-bond donors (Lipinski definition) is 0. The second kappa shape index (κ2) is 6.80. The molecule has 0 spiro atoms. The molecule has 0 saturated carbocycles. The third-order valence-corrected chi connectivity index (χ3v) is 3.58. The molecule has 1 atom stereocenters. The summed E-state index contributed by atoms with van der Waals surface area (Å²) < 4.78 is 16.1. The Morgan fingerprint density at radius 2 is 2.19 bits per heavy atom. The molecule has 1 aromatic heterocycles. The summed E-state index contributed by atoms with van der Waals surface area (Å²) in [5.74, 6) is 1.22. The van der Waals surface area contributed by atoms with Crippen molar-refractivity contribution in [2.24, 2.45) is 0 Å². The number of rotatable bonds is 5. The molecular formula is C15H19N3O3. The van der Waals surface area contributed by atoms with E-state index in [0.29, 0.717) is 24.9 Å². The van der Waals surface area contributed by atoms with Crippen LogP contribution in [0.15, 0.2) is 34.9 Å². The van der Waals surface area contributed by atoms with E-state index in [1.54, 1.807) is 7.11 Å². The van der Waals surface area contributed by atoms with Gasteiger partial charge in [0.2, 0.25) is 0 Å². The van der Waals surface area contributed by atoms with Crippen LogP contribution < -0.4 is 0 Å². The molecule has 1 aromatic carbocycles. The monoisotopic (exact) mass is 289 g/mol. The maximum absolute atomic E-state index is 5.56. The minimum Gasteiger partial charge on any atom is -0.383 e. The first kappa shape index (κ1) is 14.2. The van der Waals surface area contributed by atoms with Gasteiger partial charge in [-0.1, -0.05) is 23.4 Å². The quantitative estimate of drug-likeness (QED) is 0.836. The summed E-state index contributed by atoms with van der Waals surface area (Å²) in [6.07, 6.45) is 0. The Labute approximate surface area is 123 Å². The first-order valence-electron chi connectivity index (χ1n) is 7.08. The van der Waals surface area contributed by atoms with Gasteiger partial charge < -0.3 is 14.0 Å². The van der Waals surface area contributed by atoms with Gasteiger partial charge in [0.25, 0.3) is 5.89 Å². The Morgan fingerprint density at radius 1 is 1.33 bits per heavy atom. The fraction of sp³-hybridized carbons (Fsp3) is 0.467. The minimum absolute atomic E-state index is 0.0233. The highest BCUT2D eigenvalue weighted by Crippen LogP contribution is 2.24. The minimum atomic E-state index is 0.0233. The van der Waals surface area contributed by atoms with E-state index in [0.717, 1.165) is 25.3 Å². The lowest BCUT2D eigenvalue weighted by Gasteiger charge is -2.33. The molecule has 2 aromatic rings. The SMILES string of the molecule is COCCN1CCOC[C@H]1c1noc(-c2ccccc2)n1. The van der Waals surface area contributed by atoms with Gasteiger partial charge in [-0.15, -0.1) is 0 Å². The van der Waals surface area contributed by atoms with Crippen LogP contribution in [-0.4, -0.2) is 55.1 Å². The maximum atomic E-state index is 5.56. The second-order valence-electron chi connectivity index (χ2n) is 4.94. The van der Waals surface area contributed by atoms with Crippen molar-refractivity contribution >= 4 is 0 Å². The van der Waals surface area contributed by atoms with Crippen molar-refractivity contribution in [2.45, 2.75) is 6.04 Å². The standard InChI is InChI=1S/C15H19N3O3/c1-19-9-7-18-8-10-20-11-13(18)14-16-15(21-17-14)12-5-3-2-4-6-12/h2-6,13H,7-11H2,1H3/t13-/m0/s1. The Kier molecular flexibility index (Phi) is 4.59. The summed E-state index contributed by atoms with van der Waals surface area (Å²) in [6.45, 7) is 3.67. The Balaban J connectivity index is 1.77. The van der Waals surface area contributed by atoms with Crippen LogP contribution in [0, 0.1) is 0 Å². The molecule has 3 rings (SSSR count). The zero-order valence-electron chi connectivity index (χ0n) is 12.1. The van der Waals surface area contributed by atoms with E-state index in [4.69, 9.17) is 14.0 Å². The molecule has 0 aliphatic carbocycles. The predicted molar refractivity (Wildman–Crippen MR) is 76.7 cm³/mol. The van der Waals surface area contributed by atoms with E-state index < -0.39 is 0 Å². The van der Waals surface area contributed by atoms with Gasteiger partial charge in [-0.25, -0.2) is 0 Å². The lowest BCUT2D eigenvalue weighted by molar-refractivity contribution is -0.0213. The van der Waals surface area contributed by atoms with Gasteiger partial charge in [0.15, 0.2) is 5.82 Å². The van der Waals surface area contributed by atoms with E-state index in [-0.39, 0.29) is 6.04 Å². The van der Waals surface area contributed by atoms with Crippen LogP contribution in [0.3, 0.4) is 0 Å². The van der Waals surface area contributed by atoms with Crippen LogP contribution in [0.1, 0.15) is 11.9 Å². The van der Waals surface area contributed by atoms with Crippen molar-refractivity contribution in [2.75, 3.05) is 40.0 Å². The van der Waals surface area contributed by atoms with Crippen LogP contribution >= 0.6 is 0 Å². The van der Waals surface area contributed by atoms with Gasteiger partial charge in [0, 0.05) is 25.8 Å². The van der Waals surface area contributed by atoms with Crippen molar-refractivity contribution in [1.29, 1.82) is 0 Å². The first-order valence-corrected chi connectivity index (χ1v) is 7.08. The van der Waals surface area contributed by atoms with Gasteiger partial charge >= 0.3 is 0 Å². The Morgan fingerprint density at radius 3 is 3.00 bits per heavy atom. The third-order valence-electron chi connectivity index (χ3n) is 3.58. The molecule has 1 aliphatic rings. The van der Waals surface area contributed by atoms with Crippen LogP contribution in [0.4, 0.5) is 0 Å².